The fourth-order valence-corrected chi connectivity index (χ4v) is 1.34. The number of phenolic OH excluding ortho intramolecular Hbond substituents is 1. The lowest BCUT2D eigenvalue weighted by atomic mass is 9.86. The molecule has 72 valence electrons. The minimum Gasteiger partial charge on any atom is -0.508 e. The summed E-state index contributed by atoms with van der Waals surface area (Å²) in [4.78, 5) is 0. The second-order valence-corrected chi connectivity index (χ2v) is 4.31. The van der Waals surface area contributed by atoms with E-state index in [0.29, 0.717) is 12.3 Å². The van der Waals surface area contributed by atoms with Crippen LogP contribution in [0, 0.1) is 0 Å². The Morgan fingerprint density at radius 2 is 1.92 bits per heavy atom. The molecule has 1 aromatic rings. The van der Waals surface area contributed by atoms with E-state index >= 15 is 0 Å². The summed E-state index contributed by atoms with van der Waals surface area (Å²) in [6.45, 7) is 6.69. The van der Waals surface area contributed by atoms with Crippen LogP contribution >= 0.6 is 0 Å². The van der Waals surface area contributed by atoms with Gasteiger partial charge in [-0.15, -0.1) is 0 Å². The first kappa shape index (κ1) is 10.1. The van der Waals surface area contributed by atoms with E-state index in [-0.39, 0.29) is 5.41 Å². The molecule has 0 amide bonds. The number of aromatic hydroxyl groups is 1. The molecule has 0 bridgehead atoms. The first-order chi connectivity index (χ1) is 5.95. The summed E-state index contributed by atoms with van der Waals surface area (Å²) in [5, 5.41) is 9.70. The van der Waals surface area contributed by atoms with Crippen molar-refractivity contribution in [3.05, 3.63) is 29.3 Å². The average molecular weight is 179 g/mol. The lowest BCUT2D eigenvalue weighted by molar-refractivity contribution is 0.446. The Morgan fingerprint density at radius 3 is 2.31 bits per heavy atom. The SMILES string of the molecule is CC(C)(C)c1ccc(CN)cc1O. The zero-order valence-corrected chi connectivity index (χ0v) is 8.46. The second kappa shape index (κ2) is 3.38. The van der Waals surface area contributed by atoms with Gasteiger partial charge in [0.1, 0.15) is 5.75 Å². The van der Waals surface area contributed by atoms with Gasteiger partial charge in [-0.25, -0.2) is 0 Å². The molecular weight excluding hydrogens is 162 g/mol. The van der Waals surface area contributed by atoms with Gasteiger partial charge in [0, 0.05) is 6.54 Å². The van der Waals surface area contributed by atoms with Crippen molar-refractivity contribution in [1.29, 1.82) is 0 Å². The highest BCUT2D eigenvalue weighted by molar-refractivity contribution is 5.40. The third-order valence-corrected chi connectivity index (χ3v) is 2.11. The highest BCUT2D eigenvalue weighted by atomic mass is 16.3. The van der Waals surface area contributed by atoms with Gasteiger partial charge in [0.15, 0.2) is 0 Å². The Hall–Kier alpha value is -1.02. The third kappa shape index (κ3) is 2.22. The van der Waals surface area contributed by atoms with Crippen LogP contribution in [0.25, 0.3) is 0 Å². The van der Waals surface area contributed by atoms with Crippen molar-refractivity contribution in [3.8, 4) is 5.75 Å². The molecular formula is C11H17NO. The molecule has 0 heterocycles. The first-order valence-corrected chi connectivity index (χ1v) is 4.47. The van der Waals surface area contributed by atoms with E-state index in [9.17, 15) is 5.11 Å². The Kier molecular flexibility index (Phi) is 2.62. The minimum atomic E-state index is -0.0167. The average Bonchev–Trinajstić information content (AvgIpc) is 2.01. The second-order valence-electron chi connectivity index (χ2n) is 4.31. The van der Waals surface area contributed by atoms with Crippen molar-refractivity contribution in [2.75, 3.05) is 0 Å². The van der Waals surface area contributed by atoms with Crippen LogP contribution in [-0.4, -0.2) is 5.11 Å². The molecule has 0 saturated carbocycles. The van der Waals surface area contributed by atoms with Gasteiger partial charge in [-0.1, -0.05) is 32.9 Å². The normalized spacial score (nSPS) is 11.7. The maximum Gasteiger partial charge on any atom is 0.119 e. The number of hydrogen-bond acceptors (Lipinski definition) is 2. The molecule has 0 aromatic heterocycles. The highest BCUT2D eigenvalue weighted by Crippen LogP contribution is 2.30. The van der Waals surface area contributed by atoms with Crippen LogP contribution in [0.2, 0.25) is 0 Å². The van der Waals surface area contributed by atoms with E-state index in [2.05, 4.69) is 20.8 Å². The molecule has 0 atom stereocenters. The summed E-state index contributed by atoms with van der Waals surface area (Å²) in [7, 11) is 0. The lowest BCUT2D eigenvalue weighted by Gasteiger charge is -2.20. The fourth-order valence-electron chi connectivity index (χ4n) is 1.34. The van der Waals surface area contributed by atoms with Crippen LogP contribution in [0.4, 0.5) is 0 Å². The Bertz CT molecular complexity index is 299. The van der Waals surface area contributed by atoms with Crippen LogP contribution < -0.4 is 5.73 Å². The van der Waals surface area contributed by atoms with Gasteiger partial charge in [-0.3, -0.25) is 0 Å². The number of benzene rings is 1. The molecule has 0 fully saturated rings. The van der Waals surface area contributed by atoms with Crippen LogP contribution in [0.1, 0.15) is 31.9 Å². The summed E-state index contributed by atoms with van der Waals surface area (Å²) in [6, 6.07) is 5.64. The molecule has 1 aromatic carbocycles. The molecule has 0 unspecified atom stereocenters. The molecule has 0 aliphatic rings. The van der Waals surface area contributed by atoms with Crippen molar-refractivity contribution in [2.45, 2.75) is 32.7 Å². The van der Waals surface area contributed by atoms with Gasteiger partial charge in [0.2, 0.25) is 0 Å². The minimum absolute atomic E-state index is 0.0167. The number of rotatable bonds is 1. The predicted octanol–water partition coefficient (Wildman–Crippen LogP) is 2.15. The van der Waals surface area contributed by atoms with E-state index in [1.54, 1.807) is 6.07 Å². The standard InChI is InChI=1S/C11H17NO/c1-11(2,3)9-5-4-8(7-12)6-10(9)13/h4-6,13H,7,12H2,1-3H3. The summed E-state index contributed by atoms with van der Waals surface area (Å²) in [5.41, 5.74) is 7.38. The van der Waals surface area contributed by atoms with Gasteiger partial charge >= 0.3 is 0 Å². The molecule has 3 N–H and O–H groups in total. The lowest BCUT2D eigenvalue weighted by Crippen LogP contribution is -2.11. The van der Waals surface area contributed by atoms with Gasteiger partial charge in [0.25, 0.3) is 0 Å². The highest BCUT2D eigenvalue weighted by Gasteiger charge is 2.17. The molecule has 2 heteroatoms. The van der Waals surface area contributed by atoms with Crippen LogP contribution in [0.3, 0.4) is 0 Å². The monoisotopic (exact) mass is 179 g/mol. The summed E-state index contributed by atoms with van der Waals surface area (Å²) in [6.07, 6.45) is 0. The molecule has 0 aliphatic carbocycles. The van der Waals surface area contributed by atoms with E-state index in [1.165, 1.54) is 0 Å². The van der Waals surface area contributed by atoms with Crippen LogP contribution in [0.5, 0.6) is 5.75 Å². The van der Waals surface area contributed by atoms with Gasteiger partial charge in [-0.2, -0.15) is 0 Å². The third-order valence-electron chi connectivity index (χ3n) is 2.11. The molecule has 2 nitrogen and oxygen atoms in total. The van der Waals surface area contributed by atoms with Crippen LogP contribution in [0.15, 0.2) is 18.2 Å². The smallest absolute Gasteiger partial charge is 0.119 e. The molecule has 0 saturated heterocycles. The first-order valence-electron chi connectivity index (χ1n) is 4.47. The Labute approximate surface area is 79.4 Å². The van der Waals surface area contributed by atoms with E-state index < -0.39 is 0 Å². The molecule has 0 radical (unpaired) electrons. The van der Waals surface area contributed by atoms with Crippen LogP contribution in [-0.2, 0) is 12.0 Å². The summed E-state index contributed by atoms with van der Waals surface area (Å²) in [5.74, 6) is 0.343. The van der Waals surface area contributed by atoms with Crippen molar-refractivity contribution >= 4 is 0 Å². The van der Waals surface area contributed by atoms with Gasteiger partial charge < -0.3 is 10.8 Å². The summed E-state index contributed by atoms with van der Waals surface area (Å²) < 4.78 is 0. The zero-order valence-electron chi connectivity index (χ0n) is 8.46. The van der Waals surface area contributed by atoms with Gasteiger partial charge in [-0.05, 0) is 22.6 Å². The van der Waals surface area contributed by atoms with E-state index in [4.69, 9.17) is 5.73 Å². The fraction of sp³-hybridized carbons (Fsp3) is 0.455. The van der Waals surface area contributed by atoms with Crippen molar-refractivity contribution in [2.24, 2.45) is 5.73 Å². The van der Waals surface area contributed by atoms with Crippen molar-refractivity contribution in [1.82, 2.24) is 0 Å². The maximum atomic E-state index is 9.70. The number of hydrogen-bond donors (Lipinski definition) is 2. The van der Waals surface area contributed by atoms with Crippen molar-refractivity contribution < 1.29 is 5.11 Å². The Balaban J connectivity index is 3.13. The topological polar surface area (TPSA) is 46.2 Å². The quantitative estimate of drug-likeness (QED) is 0.694. The zero-order chi connectivity index (χ0) is 10.1. The predicted molar refractivity (Wildman–Crippen MR) is 54.7 cm³/mol. The van der Waals surface area contributed by atoms with E-state index in [1.807, 2.05) is 12.1 Å². The summed E-state index contributed by atoms with van der Waals surface area (Å²) >= 11 is 0. The van der Waals surface area contributed by atoms with Gasteiger partial charge in [0.05, 0.1) is 0 Å². The molecule has 0 aliphatic heterocycles. The molecule has 13 heavy (non-hydrogen) atoms. The van der Waals surface area contributed by atoms with E-state index in [0.717, 1.165) is 11.1 Å². The number of phenols is 1. The molecule has 1 rings (SSSR count). The molecule has 0 spiro atoms. The largest absolute Gasteiger partial charge is 0.508 e. The van der Waals surface area contributed by atoms with Crippen molar-refractivity contribution in [3.63, 3.8) is 0 Å². The number of nitrogens with two attached hydrogens (primary N) is 1. The Morgan fingerprint density at radius 1 is 1.31 bits per heavy atom. The maximum absolute atomic E-state index is 9.70.